The Morgan fingerprint density at radius 1 is 1.12 bits per heavy atom. The first-order chi connectivity index (χ1) is 12.6. The lowest BCUT2D eigenvalue weighted by Crippen LogP contribution is -2.19. The zero-order valence-corrected chi connectivity index (χ0v) is 15.4. The Hall–Kier alpha value is -2.92. The predicted molar refractivity (Wildman–Crippen MR) is 105 cm³/mol. The van der Waals surface area contributed by atoms with E-state index in [1.165, 1.54) is 6.20 Å². The van der Waals surface area contributed by atoms with E-state index in [4.69, 9.17) is 11.6 Å². The number of para-hydroxylation sites is 1. The third kappa shape index (κ3) is 4.00. The second kappa shape index (κ2) is 7.97. The maximum absolute atomic E-state index is 12.4. The van der Waals surface area contributed by atoms with Crippen molar-refractivity contribution in [2.75, 3.05) is 16.8 Å². The van der Waals surface area contributed by atoms with Gasteiger partial charge in [-0.05, 0) is 43.7 Å². The molecule has 0 unspecified atom stereocenters. The molecule has 0 saturated carbocycles. The molecule has 3 aromatic rings. The zero-order valence-electron chi connectivity index (χ0n) is 14.6. The molecule has 0 aliphatic carbocycles. The summed E-state index contributed by atoms with van der Waals surface area (Å²) in [7, 11) is 0. The monoisotopic (exact) mass is 366 g/mol. The summed E-state index contributed by atoms with van der Waals surface area (Å²) in [6, 6.07) is 15.3. The van der Waals surface area contributed by atoms with Gasteiger partial charge in [0.25, 0.3) is 5.91 Å². The van der Waals surface area contributed by atoms with Gasteiger partial charge in [-0.25, -0.2) is 9.97 Å². The van der Waals surface area contributed by atoms with E-state index >= 15 is 0 Å². The van der Waals surface area contributed by atoms with Crippen molar-refractivity contribution < 1.29 is 4.79 Å². The van der Waals surface area contributed by atoms with Gasteiger partial charge in [0.05, 0.1) is 12.4 Å². The number of carbonyl (C=O) groups is 1. The molecule has 6 heteroatoms. The van der Waals surface area contributed by atoms with Gasteiger partial charge in [0.15, 0.2) is 5.82 Å². The lowest BCUT2D eigenvalue weighted by molar-refractivity contribution is 0.102. The Bertz CT molecular complexity index is 897. The second-order valence-corrected chi connectivity index (χ2v) is 6.19. The fourth-order valence-corrected chi connectivity index (χ4v) is 2.75. The average molecular weight is 367 g/mol. The van der Waals surface area contributed by atoms with E-state index in [0.717, 1.165) is 17.8 Å². The SMILES string of the molecule is CCN(c1ccccc1)c1cnc(C(=O)Nc2cc(Cl)ccc2C)cn1. The van der Waals surface area contributed by atoms with Crippen LogP contribution in [0.25, 0.3) is 0 Å². The number of anilines is 3. The molecule has 132 valence electrons. The first kappa shape index (κ1) is 17.9. The van der Waals surface area contributed by atoms with Gasteiger partial charge in [-0.15, -0.1) is 0 Å². The van der Waals surface area contributed by atoms with Gasteiger partial charge in [0.1, 0.15) is 5.69 Å². The first-order valence-corrected chi connectivity index (χ1v) is 8.68. The third-order valence-electron chi connectivity index (χ3n) is 3.98. The number of carbonyl (C=O) groups excluding carboxylic acids is 1. The highest BCUT2D eigenvalue weighted by Crippen LogP contribution is 2.23. The minimum absolute atomic E-state index is 0.247. The van der Waals surface area contributed by atoms with Crippen LogP contribution in [0.1, 0.15) is 23.0 Å². The lowest BCUT2D eigenvalue weighted by Gasteiger charge is -2.21. The summed E-state index contributed by atoms with van der Waals surface area (Å²) >= 11 is 5.99. The molecule has 26 heavy (non-hydrogen) atoms. The fraction of sp³-hybridized carbons (Fsp3) is 0.150. The quantitative estimate of drug-likeness (QED) is 0.701. The van der Waals surface area contributed by atoms with Gasteiger partial charge in [0, 0.05) is 22.9 Å². The van der Waals surface area contributed by atoms with Crippen LogP contribution in [0.3, 0.4) is 0 Å². The van der Waals surface area contributed by atoms with Gasteiger partial charge < -0.3 is 10.2 Å². The van der Waals surface area contributed by atoms with Crippen LogP contribution >= 0.6 is 11.6 Å². The molecule has 3 rings (SSSR count). The standard InChI is InChI=1S/C20H19ClN4O/c1-3-25(16-7-5-4-6-8-16)19-13-22-18(12-23-19)20(26)24-17-11-15(21)10-9-14(17)2/h4-13H,3H2,1-2H3,(H,24,26). The van der Waals surface area contributed by atoms with Crippen molar-refractivity contribution >= 4 is 34.7 Å². The Morgan fingerprint density at radius 2 is 1.88 bits per heavy atom. The maximum atomic E-state index is 12.4. The summed E-state index contributed by atoms with van der Waals surface area (Å²) in [6.45, 7) is 4.68. The van der Waals surface area contributed by atoms with Crippen LogP contribution in [0.15, 0.2) is 60.9 Å². The van der Waals surface area contributed by atoms with Crippen molar-refractivity contribution in [3.8, 4) is 0 Å². The number of hydrogen-bond donors (Lipinski definition) is 1. The van der Waals surface area contributed by atoms with E-state index in [1.54, 1.807) is 18.3 Å². The van der Waals surface area contributed by atoms with Crippen LogP contribution in [0.4, 0.5) is 17.2 Å². The first-order valence-electron chi connectivity index (χ1n) is 8.30. The van der Waals surface area contributed by atoms with Crippen molar-refractivity contribution in [1.82, 2.24) is 9.97 Å². The van der Waals surface area contributed by atoms with Gasteiger partial charge in [-0.2, -0.15) is 0 Å². The number of nitrogens with one attached hydrogen (secondary N) is 1. The molecule has 5 nitrogen and oxygen atoms in total. The topological polar surface area (TPSA) is 58.1 Å². The van der Waals surface area contributed by atoms with Crippen LogP contribution in [-0.4, -0.2) is 22.4 Å². The van der Waals surface area contributed by atoms with E-state index in [2.05, 4.69) is 15.3 Å². The van der Waals surface area contributed by atoms with E-state index in [0.29, 0.717) is 16.5 Å². The van der Waals surface area contributed by atoms with Crippen molar-refractivity contribution in [3.05, 3.63) is 77.2 Å². The fourth-order valence-electron chi connectivity index (χ4n) is 2.58. The zero-order chi connectivity index (χ0) is 18.5. The van der Waals surface area contributed by atoms with Gasteiger partial charge in [-0.3, -0.25) is 4.79 Å². The van der Waals surface area contributed by atoms with Crippen molar-refractivity contribution in [2.45, 2.75) is 13.8 Å². The number of benzene rings is 2. The van der Waals surface area contributed by atoms with E-state index < -0.39 is 0 Å². The number of aromatic nitrogens is 2. The molecule has 0 fully saturated rings. The smallest absolute Gasteiger partial charge is 0.275 e. The number of nitrogens with zero attached hydrogens (tertiary/aromatic N) is 3. The van der Waals surface area contributed by atoms with Gasteiger partial charge in [-0.1, -0.05) is 35.9 Å². The molecule has 1 heterocycles. The van der Waals surface area contributed by atoms with Crippen LogP contribution in [0, 0.1) is 6.92 Å². The molecule has 0 bridgehead atoms. The maximum Gasteiger partial charge on any atom is 0.275 e. The second-order valence-electron chi connectivity index (χ2n) is 5.75. The molecule has 1 amide bonds. The molecule has 0 atom stereocenters. The highest BCUT2D eigenvalue weighted by atomic mass is 35.5. The third-order valence-corrected chi connectivity index (χ3v) is 4.21. The largest absolute Gasteiger partial charge is 0.325 e. The highest BCUT2D eigenvalue weighted by molar-refractivity contribution is 6.31. The van der Waals surface area contributed by atoms with Crippen LogP contribution < -0.4 is 10.2 Å². The molecule has 0 aliphatic rings. The number of halogens is 1. The predicted octanol–water partition coefficient (Wildman–Crippen LogP) is 4.85. The average Bonchev–Trinajstić information content (AvgIpc) is 2.67. The molecular weight excluding hydrogens is 348 g/mol. The van der Waals surface area contributed by atoms with Crippen molar-refractivity contribution in [2.24, 2.45) is 0 Å². The molecule has 0 aliphatic heterocycles. The Kier molecular flexibility index (Phi) is 5.49. The Morgan fingerprint density at radius 3 is 2.54 bits per heavy atom. The van der Waals surface area contributed by atoms with E-state index in [-0.39, 0.29) is 11.6 Å². The summed E-state index contributed by atoms with van der Waals surface area (Å²) in [6.07, 6.45) is 3.09. The number of amides is 1. The minimum Gasteiger partial charge on any atom is -0.325 e. The molecule has 0 radical (unpaired) electrons. The van der Waals surface area contributed by atoms with Crippen LogP contribution in [0.2, 0.25) is 5.02 Å². The minimum atomic E-state index is -0.322. The van der Waals surface area contributed by atoms with Crippen molar-refractivity contribution in [3.63, 3.8) is 0 Å². The molecule has 0 spiro atoms. The summed E-state index contributed by atoms with van der Waals surface area (Å²) < 4.78 is 0. The molecule has 2 aromatic carbocycles. The van der Waals surface area contributed by atoms with Crippen molar-refractivity contribution in [1.29, 1.82) is 0 Å². The van der Waals surface area contributed by atoms with Gasteiger partial charge in [0.2, 0.25) is 0 Å². The number of hydrogen-bond acceptors (Lipinski definition) is 4. The summed E-state index contributed by atoms with van der Waals surface area (Å²) in [5.41, 5.74) is 2.86. The Labute approximate surface area is 157 Å². The summed E-state index contributed by atoms with van der Waals surface area (Å²) in [5.74, 6) is 0.367. The molecule has 0 saturated heterocycles. The molecule has 1 N–H and O–H groups in total. The molecular formula is C20H19ClN4O. The summed E-state index contributed by atoms with van der Waals surface area (Å²) in [4.78, 5) is 23.1. The molecule has 1 aromatic heterocycles. The van der Waals surface area contributed by atoms with Gasteiger partial charge >= 0.3 is 0 Å². The van der Waals surface area contributed by atoms with E-state index in [1.807, 2.05) is 55.1 Å². The highest BCUT2D eigenvalue weighted by Gasteiger charge is 2.13. The normalized spacial score (nSPS) is 10.4. The Balaban J connectivity index is 1.78. The lowest BCUT2D eigenvalue weighted by atomic mass is 10.2. The van der Waals surface area contributed by atoms with E-state index in [9.17, 15) is 4.79 Å². The summed E-state index contributed by atoms with van der Waals surface area (Å²) in [5, 5.41) is 3.39. The number of rotatable bonds is 5. The van der Waals surface area contributed by atoms with Crippen LogP contribution in [-0.2, 0) is 0 Å². The van der Waals surface area contributed by atoms with Crippen LogP contribution in [0.5, 0.6) is 0 Å². The number of aryl methyl sites for hydroxylation is 1.